The van der Waals surface area contributed by atoms with E-state index in [9.17, 15) is 0 Å². The average molecular weight is 179 g/mol. The first-order valence-corrected chi connectivity index (χ1v) is 4.87. The van der Waals surface area contributed by atoms with Crippen LogP contribution in [0.15, 0.2) is 6.07 Å². The Balaban J connectivity index is 2.12. The van der Waals surface area contributed by atoms with Crippen molar-refractivity contribution in [3.63, 3.8) is 0 Å². The summed E-state index contributed by atoms with van der Waals surface area (Å²) < 4.78 is 1.95. The van der Waals surface area contributed by atoms with Crippen LogP contribution in [0.3, 0.4) is 0 Å². The highest BCUT2D eigenvalue weighted by Gasteiger charge is 2.33. The molecule has 3 nitrogen and oxygen atoms in total. The van der Waals surface area contributed by atoms with Crippen molar-refractivity contribution >= 4 is 0 Å². The Morgan fingerprint density at radius 1 is 1.62 bits per heavy atom. The van der Waals surface area contributed by atoms with Crippen LogP contribution in [0.25, 0.3) is 0 Å². The minimum atomic E-state index is 0.0697. The van der Waals surface area contributed by atoms with Crippen LogP contribution in [0.1, 0.15) is 30.7 Å². The van der Waals surface area contributed by atoms with E-state index < -0.39 is 0 Å². The van der Waals surface area contributed by atoms with Gasteiger partial charge in [0.1, 0.15) is 0 Å². The first kappa shape index (κ1) is 8.75. The molecule has 1 saturated carbocycles. The van der Waals surface area contributed by atoms with E-state index in [0.29, 0.717) is 0 Å². The molecule has 3 heteroatoms. The van der Waals surface area contributed by atoms with Gasteiger partial charge in [0.15, 0.2) is 0 Å². The smallest absolute Gasteiger partial charge is 0.0596 e. The van der Waals surface area contributed by atoms with Gasteiger partial charge in [-0.3, -0.25) is 4.68 Å². The molecule has 0 saturated heterocycles. The van der Waals surface area contributed by atoms with Gasteiger partial charge >= 0.3 is 0 Å². The van der Waals surface area contributed by atoms with Crippen molar-refractivity contribution in [2.75, 3.05) is 0 Å². The summed E-state index contributed by atoms with van der Waals surface area (Å²) in [6, 6.07) is 2.13. The van der Waals surface area contributed by atoms with E-state index in [1.165, 1.54) is 12.1 Å². The zero-order valence-corrected chi connectivity index (χ0v) is 8.38. The number of nitrogens with two attached hydrogens (primary N) is 1. The Morgan fingerprint density at radius 2 is 2.31 bits per heavy atom. The van der Waals surface area contributed by atoms with E-state index in [-0.39, 0.29) is 5.54 Å². The van der Waals surface area contributed by atoms with E-state index in [1.54, 1.807) is 0 Å². The fraction of sp³-hybridized carbons (Fsp3) is 0.700. The lowest BCUT2D eigenvalue weighted by Crippen LogP contribution is -2.48. The van der Waals surface area contributed by atoms with Gasteiger partial charge in [0, 0.05) is 24.7 Å². The predicted molar refractivity (Wildman–Crippen MR) is 52.4 cm³/mol. The van der Waals surface area contributed by atoms with Crippen molar-refractivity contribution in [1.29, 1.82) is 0 Å². The quantitative estimate of drug-likeness (QED) is 0.740. The Kier molecular flexibility index (Phi) is 1.91. The van der Waals surface area contributed by atoms with Gasteiger partial charge in [-0.25, -0.2) is 0 Å². The van der Waals surface area contributed by atoms with Crippen LogP contribution in [0.4, 0.5) is 0 Å². The molecule has 0 aromatic carbocycles. The fourth-order valence-corrected chi connectivity index (χ4v) is 2.00. The minimum absolute atomic E-state index is 0.0697. The summed E-state index contributed by atoms with van der Waals surface area (Å²) in [5, 5.41) is 4.31. The second-order valence-corrected chi connectivity index (χ2v) is 4.29. The number of hydrogen-bond acceptors (Lipinski definition) is 2. The summed E-state index contributed by atoms with van der Waals surface area (Å²) in [6.07, 6.45) is 4.59. The van der Waals surface area contributed by atoms with Gasteiger partial charge in [0.2, 0.25) is 0 Å². The second kappa shape index (κ2) is 2.84. The first-order valence-electron chi connectivity index (χ1n) is 4.87. The molecule has 0 bridgehead atoms. The Hall–Kier alpha value is -0.830. The third-order valence-corrected chi connectivity index (χ3v) is 2.98. The van der Waals surface area contributed by atoms with Crippen LogP contribution >= 0.6 is 0 Å². The van der Waals surface area contributed by atoms with Crippen molar-refractivity contribution in [1.82, 2.24) is 9.78 Å². The van der Waals surface area contributed by atoms with Crippen LogP contribution in [0.5, 0.6) is 0 Å². The topological polar surface area (TPSA) is 43.8 Å². The van der Waals surface area contributed by atoms with Crippen molar-refractivity contribution in [2.45, 2.75) is 38.1 Å². The molecule has 1 aromatic heterocycles. The lowest BCUT2D eigenvalue weighted by Gasteiger charge is -2.38. The molecule has 0 unspecified atom stereocenters. The Labute approximate surface area is 78.9 Å². The maximum Gasteiger partial charge on any atom is 0.0596 e. The molecule has 0 aliphatic heterocycles. The van der Waals surface area contributed by atoms with Gasteiger partial charge in [-0.15, -0.1) is 0 Å². The maximum atomic E-state index is 6.17. The number of nitrogens with zero attached hydrogens (tertiary/aromatic N) is 2. The molecule has 0 amide bonds. The largest absolute Gasteiger partial charge is 0.325 e. The first-order chi connectivity index (χ1) is 6.09. The Morgan fingerprint density at radius 3 is 2.69 bits per heavy atom. The van der Waals surface area contributed by atoms with Gasteiger partial charge < -0.3 is 5.73 Å². The van der Waals surface area contributed by atoms with Crippen molar-refractivity contribution in [2.24, 2.45) is 12.8 Å². The lowest BCUT2D eigenvalue weighted by atomic mass is 9.74. The normalized spacial score (nSPS) is 19.9. The lowest BCUT2D eigenvalue weighted by molar-refractivity contribution is 0.243. The molecule has 72 valence electrons. The fourth-order valence-electron chi connectivity index (χ4n) is 2.00. The highest BCUT2D eigenvalue weighted by atomic mass is 15.3. The number of aromatic nitrogens is 2. The maximum absolute atomic E-state index is 6.17. The van der Waals surface area contributed by atoms with E-state index in [2.05, 4.69) is 11.2 Å². The zero-order valence-electron chi connectivity index (χ0n) is 8.38. The summed E-state index contributed by atoms with van der Waals surface area (Å²) in [4.78, 5) is 0. The van der Waals surface area contributed by atoms with Gasteiger partial charge in [0.25, 0.3) is 0 Å². The molecule has 2 N–H and O–H groups in total. The van der Waals surface area contributed by atoms with Crippen LogP contribution in [-0.2, 0) is 13.5 Å². The zero-order chi connectivity index (χ0) is 9.47. The molecule has 13 heavy (non-hydrogen) atoms. The van der Waals surface area contributed by atoms with Crippen LogP contribution in [0.2, 0.25) is 0 Å². The van der Waals surface area contributed by atoms with Crippen LogP contribution in [-0.4, -0.2) is 15.3 Å². The number of rotatable bonds is 2. The highest BCUT2D eigenvalue weighted by Crippen LogP contribution is 2.32. The number of hydrogen-bond donors (Lipinski definition) is 1. The summed E-state index contributed by atoms with van der Waals surface area (Å²) in [6.45, 7) is 2.02. The van der Waals surface area contributed by atoms with Crippen LogP contribution < -0.4 is 5.73 Å². The highest BCUT2D eigenvalue weighted by molar-refractivity contribution is 5.13. The SMILES string of the molecule is Cc1cc(CC2(N)CCC2)n(C)n1. The van der Waals surface area contributed by atoms with Gasteiger partial charge in [-0.05, 0) is 32.3 Å². The Bertz CT molecular complexity index is 310. The number of aryl methyl sites for hydroxylation is 2. The van der Waals surface area contributed by atoms with E-state index in [0.717, 1.165) is 25.0 Å². The molecule has 1 fully saturated rings. The molecule has 1 aromatic rings. The molecular formula is C10H17N3. The molecule has 0 radical (unpaired) electrons. The van der Waals surface area contributed by atoms with Crippen molar-refractivity contribution in [3.05, 3.63) is 17.5 Å². The molecule has 1 aliphatic rings. The molecule has 1 aliphatic carbocycles. The minimum Gasteiger partial charge on any atom is -0.325 e. The molecular weight excluding hydrogens is 162 g/mol. The third-order valence-electron chi connectivity index (χ3n) is 2.98. The van der Waals surface area contributed by atoms with Gasteiger partial charge in [-0.2, -0.15) is 5.10 Å². The third kappa shape index (κ3) is 1.61. The van der Waals surface area contributed by atoms with E-state index in [4.69, 9.17) is 5.73 Å². The summed E-state index contributed by atoms with van der Waals surface area (Å²) in [5.41, 5.74) is 8.59. The van der Waals surface area contributed by atoms with Crippen LogP contribution in [0, 0.1) is 6.92 Å². The molecule has 0 atom stereocenters. The second-order valence-electron chi connectivity index (χ2n) is 4.29. The van der Waals surface area contributed by atoms with Gasteiger partial charge in [0.05, 0.1) is 5.69 Å². The van der Waals surface area contributed by atoms with E-state index >= 15 is 0 Å². The van der Waals surface area contributed by atoms with E-state index in [1.807, 2.05) is 18.7 Å². The summed E-state index contributed by atoms with van der Waals surface area (Å²) in [7, 11) is 1.99. The standard InChI is InChI=1S/C10H17N3/c1-8-6-9(13(2)12-8)7-10(11)4-3-5-10/h6H,3-5,7,11H2,1-2H3. The monoisotopic (exact) mass is 179 g/mol. The van der Waals surface area contributed by atoms with Gasteiger partial charge in [-0.1, -0.05) is 0 Å². The van der Waals surface area contributed by atoms with Crippen molar-refractivity contribution < 1.29 is 0 Å². The molecule has 0 spiro atoms. The summed E-state index contributed by atoms with van der Waals surface area (Å²) >= 11 is 0. The average Bonchev–Trinajstić information content (AvgIpc) is 2.27. The van der Waals surface area contributed by atoms with Crippen molar-refractivity contribution in [3.8, 4) is 0 Å². The molecule has 1 heterocycles. The predicted octanol–water partition coefficient (Wildman–Crippen LogP) is 1.15. The molecule has 2 rings (SSSR count). The summed E-state index contributed by atoms with van der Waals surface area (Å²) in [5.74, 6) is 0.